The van der Waals surface area contributed by atoms with Crippen molar-refractivity contribution in [2.75, 3.05) is 11.9 Å². The molecule has 1 unspecified atom stereocenters. The van der Waals surface area contributed by atoms with Crippen LogP contribution in [0.15, 0.2) is 24.3 Å². The maximum atomic E-state index is 12.4. The van der Waals surface area contributed by atoms with E-state index in [1.807, 2.05) is 19.1 Å². The molecular formula is C16H27ClN2O. The number of rotatable bonds is 5. The molecule has 1 amide bonds. The molecule has 0 spiro atoms. The van der Waals surface area contributed by atoms with Crippen LogP contribution < -0.4 is 10.6 Å². The summed E-state index contributed by atoms with van der Waals surface area (Å²) < 4.78 is 0. The van der Waals surface area contributed by atoms with E-state index in [1.54, 1.807) is 18.9 Å². The molecule has 0 heterocycles. The minimum Gasteiger partial charge on any atom is -0.318 e. The Kier molecular flexibility index (Phi) is 7.25. The molecule has 1 aromatic rings. The minimum atomic E-state index is -0.791. The van der Waals surface area contributed by atoms with Crippen molar-refractivity contribution in [2.24, 2.45) is 5.73 Å². The van der Waals surface area contributed by atoms with E-state index < -0.39 is 5.54 Å². The van der Waals surface area contributed by atoms with Gasteiger partial charge in [-0.2, -0.15) is 0 Å². The molecule has 3 nitrogen and oxygen atoms in total. The summed E-state index contributed by atoms with van der Waals surface area (Å²) in [5.41, 5.74) is 7.47. The number of amides is 1. The van der Waals surface area contributed by atoms with E-state index >= 15 is 0 Å². The Balaban J connectivity index is 0.00000361. The van der Waals surface area contributed by atoms with Crippen molar-refractivity contribution in [3.8, 4) is 0 Å². The number of likely N-dealkylation sites (N-methyl/N-ethyl adjacent to an activating group) is 1. The molecule has 0 saturated heterocycles. The van der Waals surface area contributed by atoms with Crippen LogP contribution in [0.5, 0.6) is 0 Å². The summed E-state index contributed by atoms with van der Waals surface area (Å²) in [6.07, 6.45) is 1.60. The fraction of sp³-hybridized carbons (Fsp3) is 0.562. The molecule has 114 valence electrons. The molecule has 0 aliphatic carbocycles. The van der Waals surface area contributed by atoms with Crippen molar-refractivity contribution >= 4 is 24.0 Å². The third kappa shape index (κ3) is 4.50. The minimum absolute atomic E-state index is 0. The van der Waals surface area contributed by atoms with Crippen LogP contribution in [0.1, 0.15) is 52.0 Å². The first-order valence-electron chi connectivity index (χ1n) is 6.96. The van der Waals surface area contributed by atoms with E-state index in [1.165, 1.54) is 5.56 Å². The number of benzene rings is 1. The molecule has 20 heavy (non-hydrogen) atoms. The van der Waals surface area contributed by atoms with Gasteiger partial charge in [0.1, 0.15) is 0 Å². The zero-order valence-electron chi connectivity index (χ0n) is 13.1. The van der Waals surface area contributed by atoms with Crippen LogP contribution in [-0.2, 0) is 4.79 Å². The molecule has 0 aliphatic heterocycles. The Bertz CT molecular complexity index is 427. The lowest BCUT2D eigenvalue weighted by molar-refractivity contribution is -0.123. The summed E-state index contributed by atoms with van der Waals surface area (Å²) in [4.78, 5) is 14.0. The predicted molar refractivity (Wildman–Crippen MR) is 88.7 cm³/mol. The second kappa shape index (κ2) is 7.65. The van der Waals surface area contributed by atoms with Crippen LogP contribution in [0.25, 0.3) is 0 Å². The lowest BCUT2D eigenvalue weighted by atomic mass is 9.95. The van der Waals surface area contributed by atoms with E-state index in [0.717, 1.165) is 12.1 Å². The lowest BCUT2D eigenvalue weighted by Gasteiger charge is -2.29. The highest BCUT2D eigenvalue weighted by atomic mass is 35.5. The molecule has 1 aromatic carbocycles. The summed E-state index contributed by atoms with van der Waals surface area (Å²) in [5, 5.41) is 0. The topological polar surface area (TPSA) is 46.3 Å². The molecule has 0 fully saturated rings. The predicted octanol–water partition coefficient (Wildman–Crippen LogP) is 3.71. The Labute approximate surface area is 128 Å². The van der Waals surface area contributed by atoms with Crippen molar-refractivity contribution < 1.29 is 4.79 Å². The normalized spacial score (nSPS) is 13.6. The van der Waals surface area contributed by atoms with Gasteiger partial charge in [-0.25, -0.2) is 0 Å². The zero-order chi connectivity index (χ0) is 14.6. The van der Waals surface area contributed by atoms with Gasteiger partial charge in [0.15, 0.2) is 0 Å². The number of anilines is 1. The number of halogens is 1. The first kappa shape index (κ1) is 18.9. The fourth-order valence-electron chi connectivity index (χ4n) is 2.21. The summed E-state index contributed by atoms with van der Waals surface area (Å²) in [7, 11) is 1.79. The summed E-state index contributed by atoms with van der Waals surface area (Å²) in [5.74, 6) is 0.460. The van der Waals surface area contributed by atoms with Crippen molar-refractivity contribution in [1.82, 2.24) is 0 Å². The Morgan fingerprint density at radius 2 is 1.80 bits per heavy atom. The van der Waals surface area contributed by atoms with Crippen LogP contribution >= 0.6 is 12.4 Å². The van der Waals surface area contributed by atoms with E-state index in [9.17, 15) is 4.79 Å². The highest BCUT2D eigenvalue weighted by Crippen LogP contribution is 2.22. The highest BCUT2D eigenvalue weighted by Gasteiger charge is 2.30. The average molecular weight is 299 g/mol. The lowest BCUT2D eigenvalue weighted by Crippen LogP contribution is -2.52. The molecule has 0 bridgehead atoms. The monoisotopic (exact) mass is 298 g/mol. The molecule has 0 aliphatic rings. The first-order chi connectivity index (χ1) is 8.79. The first-order valence-corrected chi connectivity index (χ1v) is 6.96. The maximum Gasteiger partial charge on any atom is 0.246 e. The van der Waals surface area contributed by atoms with Gasteiger partial charge in [0.05, 0.1) is 5.54 Å². The smallest absolute Gasteiger partial charge is 0.246 e. The Morgan fingerprint density at radius 1 is 1.30 bits per heavy atom. The zero-order valence-corrected chi connectivity index (χ0v) is 14.0. The van der Waals surface area contributed by atoms with E-state index in [4.69, 9.17) is 5.73 Å². The standard InChI is InChI=1S/C16H26N2O.ClH/c1-6-11-16(4,17)15(19)18(5)14-9-7-13(8-10-14)12(2)3;/h7-10,12H,6,11,17H2,1-5H3;1H. The number of nitrogens with zero attached hydrogens (tertiary/aromatic N) is 1. The number of hydrogen-bond acceptors (Lipinski definition) is 2. The summed E-state index contributed by atoms with van der Waals surface area (Å²) >= 11 is 0. The van der Waals surface area contributed by atoms with E-state index in [0.29, 0.717) is 12.3 Å². The molecule has 0 radical (unpaired) electrons. The van der Waals surface area contributed by atoms with Crippen molar-refractivity contribution in [3.05, 3.63) is 29.8 Å². The van der Waals surface area contributed by atoms with E-state index in [-0.39, 0.29) is 18.3 Å². The van der Waals surface area contributed by atoms with Crippen LogP contribution in [0, 0.1) is 0 Å². The van der Waals surface area contributed by atoms with Gasteiger partial charge in [-0.05, 0) is 37.0 Å². The molecule has 4 heteroatoms. The number of carbonyl (C=O) groups is 1. The largest absolute Gasteiger partial charge is 0.318 e. The van der Waals surface area contributed by atoms with Gasteiger partial charge in [0, 0.05) is 12.7 Å². The van der Waals surface area contributed by atoms with Crippen LogP contribution in [-0.4, -0.2) is 18.5 Å². The molecular weight excluding hydrogens is 272 g/mol. The van der Waals surface area contributed by atoms with Crippen molar-refractivity contribution in [3.63, 3.8) is 0 Å². The molecule has 0 saturated carbocycles. The number of hydrogen-bond donors (Lipinski definition) is 1. The maximum absolute atomic E-state index is 12.4. The van der Waals surface area contributed by atoms with Gasteiger partial charge in [-0.15, -0.1) is 12.4 Å². The van der Waals surface area contributed by atoms with Crippen molar-refractivity contribution in [1.29, 1.82) is 0 Å². The summed E-state index contributed by atoms with van der Waals surface area (Å²) in [6.45, 7) is 8.15. The second-order valence-electron chi connectivity index (χ2n) is 5.78. The Hall–Kier alpha value is -1.06. The van der Waals surface area contributed by atoms with Gasteiger partial charge < -0.3 is 10.6 Å². The molecule has 1 rings (SSSR count). The van der Waals surface area contributed by atoms with Crippen molar-refractivity contribution in [2.45, 2.75) is 52.0 Å². The molecule has 1 atom stereocenters. The van der Waals surface area contributed by atoms with Gasteiger partial charge in [-0.1, -0.05) is 39.3 Å². The number of nitrogens with two attached hydrogens (primary N) is 1. The van der Waals surface area contributed by atoms with Gasteiger partial charge >= 0.3 is 0 Å². The Morgan fingerprint density at radius 3 is 2.20 bits per heavy atom. The van der Waals surface area contributed by atoms with E-state index in [2.05, 4.69) is 26.0 Å². The van der Waals surface area contributed by atoms with Gasteiger partial charge in [-0.3, -0.25) is 4.79 Å². The second-order valence-corrected chi connectivity index (χ2v) is 5.78. The highest BCUT2D eigenvalue weighted by molar-refractivity contribution is 5.99. The third-order valence-corrected chi connectivity index (χ3v) is 3.51. The molecule has 2 N–H and O–H groups in total. The average Bonchev–Trinajstić information content (AvgIpc) is 2.37. The van der Waals surface area contributed by atoms with Crippen LogP contribution in [0.4, 0.5) is 5.69 Å². The fourth-order valence-corrected chi connectivity index (χ4v) is 2.21. The third-order valence-electron chi connectivity index (χ3n) is 3.51. The van der Waals surface area contributed by atoms with Crippen LogP contribution in [0.3, 0.4) is 0 Å². The van der Waals surface area contributed by atoms with Gasteiger partial charge in [0.25, 0.3) is 0 Å². The number of carbonyl (C=O) groups excluding carboxylic acids is 1. The molecule has 0 aromatic heterocycles. The van der Waals surface area contributed by atoms with Gasteiger partial charge in [0.2, 0.25) is 5.91 Å². The SMILES string of the molecule is CCCC(C)(N)C(=O)N(C)c1ccc(C(C)C)cc1.Cl. The quantitative estimate of drug-likeness (QED) is 0.900. The van der Waals surface area contributed by atoms with Crippen LogP contribution in [0.2, 0.25) is 0 Å². The summed E-state index contributed by atoms with van der Waals surface area (Å²) in [6, 6.07) is 8.10.